The van der Waals surface area contributed by atoms with Crippen LogP contribution in [0.4, 0.5) is 8.78 Å². The van der Waals surface area contributed by atoms with E-state index < -0.39 is 38.8 Å². The fourth-order valence-electron chi connectivity index (χ4n) is 2.63. The highest BCUT2D eigenvalue weighted by Gasteiger charge is 2.66. The molecule has 1 aliphatic heterocycles. The Balaban J connectivity index is 2.20. The molecule has 2 aromatic rings. The van der Waals surface area contributed by atoms with Crippen LogP contribution in [0.1, 0.15) is 17.9 Å². The minimum Gasteiger partial charge on any atom is -0.358 e. The number of aromatic nitrogens is 3. The summed E-state index contributed by atoms with van der Waals surface area (Å²) in [5, 5.41) is 1.95. The highest BCUT2D eigenvalue weighted by Crippen LogP contribution is 2.56. The summed E-state index contributed by atoms with van der Waals surface area (Å²) in [4.78, 5) is 3.62. The molecule has 2 heterocycles. The van der Waals surface area contributed by atoms with Crippen LogP contribution in [0.15, 0.2) is 30.9 Å². The van der Waals surface area contributed by atoms with E-state index in [1.54, 1.807) is 0 Å². The molecule has 118 valence electrons. The molecule has 0 radical (unpaired) electrons. The number of hydrogen-bond acceptors (Lipinski definition) is 5. The van der Waals surface area contributed by atoms with Crippen molar-refractivity contribution in [3.63, 3.8) is 0 Å². The summed E-state index contributed by atoms with van der Waals surface area (Å²) in [6, 6.07) is 2.69. The number of halogens is 2. The maximum absolute atomic E-state index is 14.1. The molecule has 0 amide bonds. The number of rotatable bonds is 4. The van der Waals surface area contributed by atoms with E-state index in [-0.39, 0.29) is 5.56 Å². The summed E-state index contributed by atoms with van der Waals surface area (Å²) in [6.45, 7) is 1.51. The van der Waals surface area contributed by atoms with Gasteiger partial charge in [-0.3, -0.25) is 4.55 Å². The minimum atomic E-state index is -4.72. The van der Waals surface area contributed by atoms with Gasteiger partial charge >= 0.3 is 0 Å². The Morgan fingerprint density at radius 3 is 2.59 bits per heavy atom. The molecule has 3 unspecified atom stereocenters. The zero-order valence-corrected chi connectivity index (χ0v) is 12.0. The first-order valence-electron chi connectivity index (χ1n) is 6.20. The van der Waals surface area contributed by atoms with E-state index in [4.69, 9.17) is 4.74 Å². The van der Waals surface area contributed by atoms with Gasteiger partial charge in [0, 0.05) is 11.6 Å². The maximum atomic E-state index is 14.1. The van der Waals surface area contributed by atoms with Crippen molar-refractivity contribution in [1.29, 1.82) is 0 Å². The van der Waals surface area contributed by atoms with Crippen LogP contribution in [0.3, 0.4) is 0 Å². The largest absolute Gasteiger partial charge is 0.358 e. The number of ether oxygens (including phenoxy) is 1. The number of epoxide rings is 1. The van der Waals surface area contributed by atoms with Crippen LogP contribution in [0.5, 0.6) is 0 Å². The maximum Gasteiger partial charge on any atom is 0.291 e. The SMILES string of the molecule is CC1OC1(c1ccc(F)cc1F)C(n1cncn1)S(=O)(=O)O. The molecule has 10 heteroatoms. The second-order valence-electron chi connectivity index (χ2n) is 4.92. The van der Waals surface area contributed by atoms with Gasteiger partial charge in [-0.25, -0.2) is 18.4 Å². The van der Waals surface area contributed by atoms with Crippen molar-refractivity contribution < 1.29 is 26.5 Å². The third-order valence-corrected chi connectivity index (χ3v) is 4.73. The third-order valence-electron chi connectivity index (χ3n) is 3.60. The van der Waals surface area contributed by atoms with Crippen molar-refractivity contribution in [3.05, 3.63) is 48.1 Å². The molecule has 1 N–H and O–H groups in total. The van der Waals surface area contributed by atoms with Crippen LogP contribution in [-0.2, 0) is 20.5 Å². The Morgan fingerprint density at radius 2 is 2.14 bits per heavy atom. The third kappa shape index (κ3) is 2.19. The fourth-order valence-corrected chi connectivity index (χ4v) is 3.83. The summed E-state index contributed by atoms with van der Waals surface area (Å²) >= 11 is 0. The Hall–Kier alpha value is -1.91. The second kappa shape index (κ2) is 4.80. The van der Waals surface area contributed by atoms with E-state index >= 15 is 0 Å². The Labute approximate surface area is 124 Å². The van der Waals surface area contributed by atoms with Gasteiger partial charge in [-0.1, -0.05) is 6.07 Å². The molecular formula is C12H11F2N3O4S. The van der Waals surface area contributed by atoms with Crippen molar-refractivity contribution in [1.82, 2.24) is 14.8 Å². The Kier molecular flexibility index (Phi) is 3.27. The standard InChI is InChI=1S/C12H11F2N3O4S/c1-7-12(21-7,9-3-2-8(13)4-10(9)14)11(22(18,19)20)17-6-15-5-16-17/h2-7,11H,1H3,(H,18,19,20). The monoisotopic (exact) mass is 331 g/mol. The van der Waals surface area contributed by atoms with E-state index in [9.17, 15) is 21.8 Å². The van der Waals surface area contributed by atoms with Crippen molar-refractivity contribution in [3.8, 4) is 0 Å². The summed E-state index contributed by atoms with van der Waals surface area (Å²) in [5.74, 6) is -1.79. The van der Waals surface area contributed by atoms with Crippen LogP contribution >= 0.6 is 0 Å². The lowest BCUT2D eigenvalue weighted by Crippen LogP contribution is -2.35. The van der Waals surface area contributed by atoms with Crippen LogP contribution in [0, 0.1) is 11.6 Å². The fraction of sp³-hybridized carbons (Fsp3) is 0.333. The number of hydrogen-bond donors (Lipinski definition) is 1. The molecule has 3 rings (SSSR count). The van der Waals surface area contributed by atoms with Crippen LogP contribution < -0.4 is 0 Å². The molecule has 0 saturated carbocycles. The molecule has 1 fully saturated rings. The lowest BCUT2D eigenvalue weighted by molar-refractivity contribution is 0.236. The number of nitrogens with zero attached hydrogens (tertiary/aromatic N) is 3. The highest BCUT2D eigenvalue weighted by atomic mass is 32.2. The topological polar surface area (TPSA) is 97.6 Å². The van der Waals surface area contributed by atoms with E-state index in [2.05, 4.69) is 10.1 Å². The van der Waals surface area contributed by atoms with Crippen LogP contribution in [-0.4, -0.2) is 33.8 Å². The van der Waals surface area contributed by atoms with Crippen molar-refractivity contribution in [2.24, 2.45) is 0 Å². The highest BCUT2D eigenvalue weighted by molar-refractivity contribution is 7.85. The zero-order valence-electron chi connectivity index (χ0n) is 11.2. The van der Waals surface area contributed by atoms with Crippen LogP contribution in [0.25, 0.3) is 0 Å². The van der Waals surface area contributed by atoms with Gasteiger partial charge in [0.05, 0.1) is 6.10 Å². The van der Waals surface area contributed by atoms with Gasteiger partial charge in [0.2, 0.25) is 5.37 Å². The van der Waals surface area contributed by atoms with E-state index in [1.165, 1.54) is 6.92 Å². The normalized spacial score (nSPS) is 25.9. The molecule has 1 aromatic heterocycles. The predicted octanol–water partition coefficient (Wildman–Crippen LogP) is 1.26. The van der Waals surface area contributed by atoms with Crippen molar-refractivity contribution in [2.75, 3.05) is 0 Å². The van der Waals surface area contributed by atoms with Crippen molar-refractivity contribution >= 4 is 10.1 Å². The molecular weight excluding hydrogens is 320 g/mol. The average Bonchev–Trinajstić information content (AvgIpc) is 2.84. The van der Waals surface area contributed by atoms with E-state index in [0.717, 1.165) is 29.5 Å². The van der Waals surface area contributed by atoms with Gasteiger partial charge in [-0.05, 0) is 13.0 Å². The molecule has 0 aliphatic carbocycles. The molecule has 0 spiro atoms. The smallest absolute Gasteiger partial charge is 0.291 e. The quantitative estimate of drug-likeness (QED) is 0.669. The van der Waals surface area contributed by atoms with Crippen LogP contribution in [0.2, 0.25) is 0 Å². The predicted molar refractivity (Wildman–Crippen MR) is 69.2 cm³/mol. The average molecular weight is 331 g/mol. The minimum absolute atomic E-state index is 0.181. The van der Waals surface area contributed by atoms with Crippen molar-refractivity contribution in [2.45, 2.75) is 24.0 Å². The van der Waals surface area contributed by atoms with E-state index in [1.807, 2.05) is 0 Å². The van der Waals surface area contributed by atoms with Gasteiger partial charge in [0.25, 0.3) is 10.1 Å². The lowest BCUT2D eigenvalue weighted by Gasteiger charge is -2.23. The second-order valence-corrected chi connectivity index (χ2v) is 6.40. The summed E-state index contributed by atoms with van der Waals surface area (Å²) < 4.78 is 66.6. The van der Waals surface area contributed by atoms with Gasteiger partial charge in [0.1, 0.15) is 24.3 Å². The summed E-state index contributed by atoms with van der Waals surface area (Å²) in [5.41, 5.74) is -1.89. The van der Waals surface area contributed by atoms with Gasteiger partial charge in [0.15, 0.2) is 5.60 Å². The zero-order chi connectivity index (χ0) is 16.1. The molecule has 3 atom stereocenters. The Bertz CT molecular complexity index is 812. The first-order valence-corrected chi connectivity index (χ1v) is 7.71. The molecule has 0 bridgehead atoms. The van der Waals surface area contributed by atoms with E-state index in [0.29, 0.717) is 6.07 Å². The summed E-state index contributed by atoms with van der Waals surface area (Å²) in [7, 11) is -4.72. The first kappa shape index (κ1) is 15.0. The van der Waals surface area contributed by atoms with Gasteiger partial charge in [-0.2, -0.15) is 13.5 Å². The van der Waals surface area contributed by atoms with Gasteiger partial charge in [-0.15, -0.1) is 0 Å². The molecule has 1 saturated heterocycles. The van der Waals surface area contributed by atoms with Gasteiger partial charge < -0.3 is 4.74 Å². The molecule has 22 heavy (non-hydrogen) atoms. The Morgan fingerprint density at radius 1 is 1.45 bits per heavy atom. The molecule has 1 aromatic carbocycles. The molecule has 7 nitrogen and oxygen atoms in total. The summed E-state index contributed by atoms with van der Waals surface area (Å²) in [6.07, 6.45) is 1.40. The number of benzene rings is 1. The lowest BCUT2D eigenvalue weighted by atomic mass is 9.94. The molecule has 1 aliphatic rings. The first-order chi connectivity index (χ1) is 10.3.